The van der Waals surface area contributed by atoms with E-state index in [-0.39, 0.29) is 0 Å². The maximum atomic E-state index is 5.99. The van der Waals surface area contributed by atoms with Crippen LogP contribution in [0.4, 0.5) is 5.69 Å². The van der Waals surface area contributed by atoms with E-state index in [1.165, 1.54) is 22.0 Å². The van der Waals surface area contributed by atoms with Crippen LogP contribution in [-0.2, 0) is 6.42 Å². The number of hydrogen-bond acceptors (Lipinski definition) is 2. The lowest BCUT2D eigenvalue weighted by Crippen LogP contribution is -2.48. The number of halogens is 1. The van der Waals surface area contributed by atoms with E-state index in [1.807, 2.05) is 12.1 Å². The van der Waals surface area contributed by atoms with E-state index in [1.54, 1.807) is 0 Å². The highest BCUT2D eigenvalue weighted by Crippen LogP contribution is 2.22. The maximum absolute atomic E-state index is 5.99. The number of rotatable bonds is 3. The van der Waals surface area contributed by atoms with Gasteiger partial charge in [0, 0.05) is 43.3 Å². The van der Waals surface area contributed by atoms with Crippen molar-refractivity contribution in [1.29, 1.82) is 0 Å². The summed E-state index contributed by atoms with van der Waals surface area (Å²) in [6.45, 7) is 3.90. The minimum absolute atomic E-state index is 0.781. The molecule has 1 fully saturated rings. The third-order valence-corrected chi connectivity index (χ3v) is 5.70. The summed E-state index contributed by atoms with van der Waals surface area (Å²) in [5.41, 5.74) is 2.54. The quantitative estimate of drug-likeness (QED) is 0.577. The molecule has 1 saturated heterocycles. The second-order valence-electron chi connectivity index (χ2n) is 6.66. The van der Waals surface area contributed by atoms with Crippen LogP contribution in [0.25, 0.3) is 10.8 Å². The van der Waals surface area contributed by atoms with Gasteiger partial charge in [-0.25, -0.2) is 0 Å². The average Bonchev–Trinajstić information content (AvgIpc) is 2.69. The molecule has 132 valence electrons. The molecule has 0 atom stereocenters. The second-order valence-corrected chi connectivity index (χ2v) is 7.57. The first-order valence-electron chi connectivity index (χ1n) is 8.96. The van der Waals surface area contributed by atoms with Crippen molar-refractivity contribution in [3.8, 4) is 0 Å². The van der Waals surface area contributed by atoms with Gasteiger partial charge in [0.15, 0.2) is 0 Å². The van der Waals surface area contributed by atoms with Crippen molar-refractivity contribution in [2.24, 2.45) is 0 Å². The number of fused-ring (bicyclic) bond motifs is 1. The van der Waals surface area contributed by atoms with Crippen LogP contribution in [0.15, 0.2) is 66.7 Å². The van der Waals surface area contributed by atoms with E-state index in [2.05, 4.69) is 64.4 Å². The molecule has 0 bridgehead atoms. The molecule has 4 heteroatoms. The van der Waals surface area contributed by atoms with Gasteiger partial charge in [-0.1, -0.05) is 66.3 Å². The van der Waals surface area contributed by atoms with Gasteiger partial charge in [-0.3, -0.25) is 0 Å². The Morgan fingerprint density at radius 3 is 2.31 bits per heavy atom. The zero-order valence-electron chi connectivity index (χ0n) is 14.6. The van der Waals surface area contributed by atoms with Crippen LogP contribution in [0, 0.1) is 0 Å². The zero-order chi connectivity index (χ0) is 17.9. The molecule has 4 rings (SSSR count). The van der Waals surface area contributed by atoms with Crippen LogP contribution in [0.3, 0.4) is 0 Å². The van der Waals surface area contributed by atoms with Crippen molar-refractivity contribution in [2.75, 3.05) is 31.1 Å². The summed E-state index contributed by atoms with van der Waals surface area (Å²) in [5.74, 6) is 0. The molecule has 0 spiro atoms. The Morgan fingerprint density at radius 1 is 0.846 bits per heavy atom. The summed E-state index contributed by atoms with van der Waals surface area (Å²) < 4.78 is 0. The molecule has 3 aromatic carbocycles. The van der Waals surface area contributed by atoms with Crippen molar-refractivity contribution in [2.45, 2.75) is 6.42 Å². The summed E-state index contributed by atoms with van der Waals surface area (Å²) in [6.07, 6.45) is 0.831. The summed E-state index contributed by atoms with van der Waals surface area (Å²) in [4.78, 5) is 5.79. The molecule has 1 aliphatic heterocycles. The standard InChI is InChI=1S/C22H21ClN2S/c23-19-8-10-20(11-9-19)24-12-14-25(15-13-24)22(26)16-18-6-3-5-17-4-1-2-7-21(17)18/h1-11H,12-16H2. The van der Waals surface area contributed by atoms with Crippen LogP contribution < -0.4 is 4.90 Å². The van der Waals surface area contributed by atoms with Crippen molar-refractivity contribution in [1.82, 2.24) is 4.90 Å². The number of hydrogen-bond donors (Lipinski definition) is 0. The molecular formula is C22H21ClN2S. The Labute approximate surface area is 165 Å². The molecular weight excluding hydrogens is 360 g/mol. The lowest BCUT2D eigenvalue weighted by molar-refractivity contribution is 0.387. The van der Waals surface area contributed by atoms with Gasteiger partial charge < -0.3 is 9.80 Å². The molecule has 2 nitrogen and oxygen atoms in total. The van der Waals surface area contributed by atoms with Crippen LogP contribution in [0.1, 0.15) is 5.56 Å². The van der Waals surface area contributed by atoms with Gasteiger partial charge in [0.05, 0.1) is 4.99 Å². The molecule has 0 unspecified atom stereocenters. The van der Waals surface area contributed by atoms with E-state index < -0.39 is 0 Å². The highest BCUT2D eigenvalue weighted by molar-refractivity contribution is 7.80. The van der Waals surface area contributed by atoms with Gasteiger partial charge in [0.1, 0.15) is 0 Å². The number of anilines is 1. The Bertz CT molecular complexity index is 910. The van der Waals surface area contributed by atoms with E-state index in [0.717, 1.165) is 42.6 Å². The molecule has 0 radical (unpaired) electrons. The fourth-order valence-corrected chi connectivity index (χ4v) is 4.05. The van der Waals surface area contributed by atoms with Crippen LogP contribution >= 0.6 is 23.8 Å². The Kier molecular flexibility index (Phi) is 5.09. The molecule has 26 heavy (non-hydrogen) atoms. The zero-order valence-corrected chi connectivity index (χ0v) is 16.1. The van der Waals surface area contributed by atoms with E-state index in [4.69, 9.17) is 23.8 Å². The average molecular weight is 381 g/mol. The largest absolute Gasteiger partial charge is 0.368 e. The Hall–Kier alpha value is -2.10. The van der Waals surface area contributed by atoms with E-state index in [9.17, 15) is 0 Å². The fourth-order valence-electron chi connectivity index (χ4n) is 3.59. The first-order valence-corrected chi connectivity index (χ1v) is 9.74. The van der Waals surface area contributed by atoms with Gasteiger partial charge in [0.2, 0.25) is 0 Å². The summed E-state index contributed by atoms with van der Waals surface area (Å²) in [7, 11) is 0. The minimum Gasteiger partial charge on any atom is -0.368 e. The maximum Gasteiger partial charge on any atom is 0.0825 e. The van der Waals surface area contributed by atoms with Crippen LogP contribution in [0.5, 0.6) is 0 Å². The monoisotopic (exact) mass is 380 g/mol. The Balaban J connectivity index is 1.41. The van der Waals surface area contributed by atoms with Crippen LogP contribution in [-0.4, -0.2) is 36.1 Å². The van der Waals surface area contributed by atoms with Gasteiger partial charge in [-0.05, 0) is 40.6 Å². The van der Waals surface area contributed by atoms with Crippen molar-refractivity contribution < 1.29 is 0 Å². The van der Waals surface area contributed by atoms with E-state index in [0.29, 0.717) is 0 Å². The molecule has 0 aromatic heterocycles. The van der Waals surface area contributed by atoms with Gasteiger partial charge in [-0.2, -0.15) is 0 Å². The highest BCUT2D eigenvalue weighted by atomic mass is 35.5. The minimum atomic E-state index is 0.781. The highest BCUT2D eigenvalue weighted by Gasteiger charge is 2.19. The first-order chi connectivity index (χ1) is 12.7. The number of thiocarbonyl (C=S) groups is 1. The normalized spacial score (nSPS) is 14.7. The van der Waals surface area contributed by atoms with Crippen LogP contribution in [0.2, 0.25) is 5.02 Å². The van der Waals surface area contributed by atoms with Gasteiger partial charge in [0.25, 0.3) is 0 Å². The summed E-state index contributed by atoms with van der Waals surface area (Å²) in [6, 6.07) is 23.1. The first kappa shape index (κ1) is 17.3. The number of piperazine rings is 1. The molecule has 0 amide bonds. The predicted octanol–water partition coefficient (Wildman–Crippen LogP) is 5.19. The molecule has 0 saturated carbocycles. The SMILES string of the molecule is S=C(Cc1cccc2ccccc12)N1CCN(c2ccc(Cl)cc2)CC1. The summed E-state index contributed by atoms with van der Waals surface area (Å²) in [5, 5.41) is 3.36. The number of nitrogens with zero attached hydrogens (tertiary/aromatic N) is 2. The van der Waals surface area contributed by atoms with Gasteiger partial charge >= 0.3 is 0 Å². The third kappa shape index (κ3) is 3.69. The molecule has 3 aromatic rings. The van der Waals surface area contributed by atoms with Crippen molar-refractivity contribution in [3.05, 3.63) is 77.3 Å². The molecule has 1 aliphatic rings. The lowest BCUT2D eigenvalue weighted by Gasteiger charge is -2.37. The summed E-state index contributed by atoms with van der Waals surface area (Å²) >= 11 is 11.8. The lowest BCUT2D eigenvalue weighted by atomic mass is 10.0. The Morgan fingerprint density at radius 2 is 1.54 bits per heavy atom. The third-order valence-electron chi connectivity index (χ3n) is 5.05. The predicted molar refractivity (Wildman–Crippen MR) is 115 cm³/mol. The number of benzene rings is 3. The van der Waals surface area contributed by atoms with Gasteiger partial charge in [-0.15, -0.1) is 0 Å². The molecule has 1 heterocycles. The molecule has 0 aliphatic carbocycles. The topological polar surface area (TPSA) is 6.48 Å². The van der Waals surface area contributed by atoms with Crippen molar-refractivity contribution in [3.63, 3.8) is 0 Å². The van der Waals surface area contributed by atoms with E-state index >= 15 is 0 Å². The molecule has 0 N–H and O–H groups in total. The smallest absolute Gasteiger partial charge is 0.0825 e. The second kappa shape index (κ2) is 7.65. The fraction of sp³-hybridized carbons (Fsp3) is 0.227. The van der Waals surface area contributed by atoms with Crippen molar-refractivity contribution >= 4 is 45.3 Å².